The van der Waals surface area contributed by atoms with Gasteiger partial charge in [-0.15, -0.1) is 0 Å². The summed E-state index contributed by atoms with van der Waals surface area (Å²) in [5.41, 5.74) is 1.46. The lowest BCUT2D eigenvalue weighted by molar-refractivity contribution is 0.419. The predicted molar refractivity (Wildman–Crippen MR) is 94.6 cm³/mol. The molecule has 1 saturated heterocycles. The molecule has 0 spiro atoms. The number of aromatic nitrogens is 2. The van der Waals surface area contributed by atoms with Crippen LogP contribution in [0.1, 0.15) is 12.8 Å². The number of rotatable bonds is 3. The highest BCUT2D eigenvalue weighted by molar-refractivity contribution is 5.96. The van der Waals surface area contributed by atoms with Crippen LogP contribution < -0.4 is 9.64 Å². The van der Waals surface area contributed by atoms with Crippen LogP contribution >= 0.6 is 0 Å². The summed E-state index contributed by atoms with van der Waals surface area (Å²) in [6.07, 6.45) is 2.32. The van der Waals surface area contributed by atoms with Gasteiger partial charge < -0.3 is 14.7 Å². The van der Waals surface area contributed by atoms with Crippen LogP contribution in [0.4, 0.5) is 5.82 Å². The number of fused-ring (bicyclic) bond motifs is 1. The number of hydrogen-bond donors (Lipinski definition) is 1. The summed E-state index contributed by atoms with van der Waals surface area (Å²) in [6, 6.07) is 13.0. The normalized spacial score (nSPS) is 14.3. The first kappa shape index (κ1) is 14.8. The van der Waals surface area contributed by atoms with Crippen LogP contribution in [0.25, 0.3) is 22.3 Å². The number of benzene rings is 2. The van der Waals surface area contributed by atoms with Gasteiger partial charge in [0.25, 0.3) is 0 Å². The third-order valence-corrected chi connectivity index (χ3v) is 4.44. The van der Waals surface area contributed by atoms with E-state index < -0.39 is 0 Å². The zero-order valence-corrected chi connectivity index (χ0v) is 13.6. The molecule has 1 aliphatic rings. The Morgan fingerprint density at radius 1 is 1.00 bits per heavy atom. The van der Waals surface area contributed by atoms with Crippen LogP contribution in [0.5, 0.6) is 11.5 Å². The number of phenolic OH excluding ortho intramolecular Hbond substituents is 1. The number of hydrogen-bond acceptors (Lipinski definition) is 5. The molecule has 0 radical (unpaired) electrons. The Bertz CT molecular complexity index is 889. The maximum absolute atomic E-state index is 10.2. The molecule has 2 aromatic carbocycles. The second kappa shape index (κ2) is 6.00. The van der Waals surface area contributed by atoms with E-state index in [1.807, 2.05) is 30.3 Å². The minimum absolute atomic E-state index is 0.187. The molecular formula is C19H19N3O2. The van der Waals surface area contributed by atoms with Gasteiger partial charge in [0.05, 0.1) is 23.6 Å². The van der Waals surface area contributed by atoms with E-state index in [0.29, 0.717) is 11.4 Å². The lowest BCUT2D eigenvalue weighted by Gasteiger charge is -2.20. The van der Waals surface area contributed by atoms with Gasteiger partial charge in [0.15, 0.2) is 5.82 Å². The Morgan fingerprint density at radius 3 is 2.54 bits per heavy atom. The van der Waals surface area contributed by atoms with E-state index in [4.69, 9.17) is 9.72 Å². The van der Waals surface area contributed by atoms with Crippen LogP contribution in [-0.2, 0) is 0 Å². The average molecular weight is 321 g/mol. The predicted octanol–water partition coefficient (Wildman–Crippen LogP) is 3.61. The van der Waals surface area contributed by atoms with Gasteiger partial charge in [0.1, 0.15) is 17.3 Å². The summed E-state index contributed by atoms with van der Waals surface area (Å²) in [6.45, 7) is 1.95. The Kier molecular flexibility index (Phi) is 3.69. The van der Waals surface area contributed by atoms with Crippen LogP contribution in [0.3, 0.4) is 0 Å². The SMILES string of the molecule is COc1cccc2nc(-c3ccccc3O)nc(N3CCCC3)c12. The molecule has 122 valence electrons. The second-order valence-electron chi connectivity index (χ2n) is 5.94. The first-order chi connectivity index (χ1) is 11.8. The van der Waals surface area contributed by atoms with E-state index in [2.05, 4.69) is 9.88 Å². The summed E-state index contributed by atoms with van der Waals surface area (Å²) in [5, 5.41) is 11.1. The highest BCUT2D eigenvalue weighted by Gasteiger charge is 2.21. The zero-order chi connectivity index (χ0) is 16.5. The van der Waals surface area contributed by atoms with Gasteiger partial charge in [-0.2, -0.15) is 0 Å². The molecule has 5 heteroatoms. The van der Waals surface area contributed by atoms with E-state index in [9.17, 15) is 5.11 Å². The zero-order valence-electron chi connectivity index (χ0n) is 13.6. The van der Waals surface area contributed by atoms with Gasteiger partial charge in [-0.3, -0.25) is 0 Å². The Hall–Kier alpha value is -2.82. The number of ether oxygens (including phenoxy) is 1. The summed E-state index contributed by atoms with van der Waals surface area (Å²) in [4.78, 5) is 11.7. The maximum Gasteiger partial charge on any atom is 0.165 e. The quantitative estimate of drug-likeness (QED) is 0.798. The van der Waals surface area contributed by atoms with E-state index >= 15 is 0 Å². The van der Waals surface area contributed by atoms with Gasteiger partial charge in [0, 0.05) is 13.1 Å². The second-order valence-corrected chi connectivity index (χ2v) is 5.94. The smallest absolute Gasteiger partial charge is 0.165 e. The third-order valence-electron chi connectivity index (χ3n) is 4.44. The van der Waals surface area contributed by atoms with Gasteiger partial charge in [-0.05, 0) is 37.1 Å². The molecule has 3 aromatic rings. The fourth-order valence-electron chi connectivity index (χ4n) is 3.24. The Labute approximate surface area is 140 Å². The molecule has 0 unspecified atom stereocenters. The molecule has 0 atom stereocenters. The molecule has 1 aromatic heterocycles. The monoisotopic (exact) mass is 321 g/mol. The molecule has 1 N–H and O–H groups in total. The molecule has 0 bridgehead atoms. The van der Waals surface area contributed by atoms with Crippen molar-refractivity contribution in [3.63, 3.8) is 0 Å². The van der Waals surface area contributed by atoms with Crippen molar-refractivity contribution in [2.45, 2.75) is 12.8 Å². The van der Waals surface area contributed by atoms with Crippen molar-refractivity contribution < 1.29 is 9.84 Å². The average Bonchev–Trinajstić information content (AvgIpc) is 3.15. The van der Waals surface area contributed by atoms with Crippen molar-refractivity contribution in [1.82, 2.24) is 9.97 Å². The number of methoxy groups -OCH3 is 1. The number of phenols is 1. The Morgan fingerprint density at radius 2 is 1.79 bits per heavy atom. The third kappa shape index (κ3) is 2.42. The van der Waals surface area contributed by atoms with Crippen LogP contribution in [0.2, 0.25) is 0 Å². The highest BCUT2D eigenvalue weighted by atomic mass is 16.5. The molecule has 1 aliphatic heterocycles. The van der Waals surface area contributed by atoms with Gasteiger partial charge in [0.2, 0.25) is 0 Å². The fourth-order valence-corrected chi connectivity index (χ4v) is 3.24. The van der Waals surface area contributed by atoms with Gasteiger partial charge >= 0.3 is 0 Å². The van der Waals surface area contributed by atoms with Crippen molar-refractivity contribution in [1.29, 1.82) is 0 Å². The fraction of sp³-hybridized carbons (Fsp3) is 0.263. The van der Waals surface area contributed by atoms with E-state index in [1.54, 1.807) is 19.2 Å². The number of para-hydroxylation sites is 1. The molecule has 1 fully saturated rings. The minimum Gasteiger partial charge on any atom is -0.507 e. The van der Waals surface area contributed by atoms with Crippen LogP contribution in [-0.4, -0.2) is 35.3 Å². The van der Waals surface area contributed by atoms with Crippen LogP contribution in [0.15, 0.2) is 42.5 Å². The summed E-state index contributed by atoms with van der Waals surface area (Å²) < 4.78 is 5.54. The molecule has 5 nitrogen and oxygen atoms in total. The molecule has 0 aliphatic carbocycles. The van der Waals surface area contributed by atoms with E-state index in [0.717, 1.165) is 48.4 Å². The van der Waals surface area contributed by atoms with Gasteiger partial charge in [-0.1, -0.05) is 18.2 Å². The molecule has 2 heterocycles. The molecule has 24 heavy (non-hydrogen) atoms. The standard InChI is InChI=1S/C19H19N3O2/c1-24-16-10-6-8-14-17(16)19(22-11-4-5-12-22)21-18(20-14)13-7-2-3-9-15(13)23/h2-3,6-10,23H,4-5,11-12H2,1H3. The summed E-state index contributed by atoms with van der Waals surface area (Å²) >= 11 is 0. The number of nitrogens with zero attached hydrogens (tertiary/aromatic N) is 3. The topological polar surface area (TPSA) is 58.5 Å². The van der Waals surface area contributed by atoms with Gasteiger partial charge in [-0.25, -0.2) is 9.97 Å². The minimum atomic E-state index is 0.187. The van der Waals surface area contributed by atoms with Crippen molar-refractivity contribution in [2.24, 2.45) is 0 Å². The van der Waals surface area contributed by atoms with E-state index in [1.165, 1.54) is 0 Å². The molecule has 4 rings (SSSR count). The lowest BCUT2D eigenvalue weighted by Crippen LogP contribution is -2.20. The largest absolute Gasteiger partial charge is 0.507 e. The van der Waals surface area contributed by atoms with Crippen molar-refractivity contribution in [2.75, 3.05) is 25.1 Å². The van der Waals surface area contributed by atoms with Crippen molar-refractivity contribution in [3.05, 3.63) is 42.5 Å². The van der Waals surface area contributed by atoms with E-state index in [-0.39, 0.29) is 5.75 Å². The van der Waals surface area contributed by atoms with Crippen LogP contribution in [0, 0.1) is 0 Å². The number of aromatic hydroxyl groups is 1. The molecule has 0 saturated carbocycles. The summed E-state index contributed by atoms with van der Waals surface area (Å²) in [7, 11) is 1.67. The van der Waals surface area contributed by atoms with Crippen molar-refractivity contribution >= 4 is 16.7 Å². The summed E-state index contributed by atoms with van der Waals surface area (Å²) in [5.74, 6) is 2.38. The first-order valence-corrected chi connectivity index (χ1v) is 8.16. The number of anilines is 1. The lowest BCUT2D eigenvalue weighted by atomic mass is 10.1. The first-order valence-electron chi connectivity index (χ1n) is 8.16. The maximum atomic E-state index is 10.2. The highest BCUT2D eigenvalue weighted by Crippen LogP contribution is 2.36. The molecular weight excluding hydrogens is 302 g/mol. The molecule has 0 amide bonds. The Balaban J connectivity index is 1.99. The van der Waals surface area contributed by atoms with Crippen molar-refractivity contribution in [3.8, 4) is 22.9 Å².